The number of pyridine rings is 1. The number of aliphatic imine (C=N–C) groups is 1. The van der Waals surface area contributed by atoms with E-state index in [0.717, 1.165) is 61.5 Å². The number of methoxy groups -OCH3 is 1. The van der Waals surface area contributed by atoms with E-state index in [1.165, 1.54) is 0 Å². The maximum absolute atomic E-state index is 5.49. The van der Waals surface area contributed by atoms with Crippen LogP contribution in [-0.2, 0) is 17.8 Å². The lowest BCUT2D eigenvalue weighted by molar-refractivity contribution is 0.122. The molecule has 1 saturated heterocycles. The Hall–Kier alpha value is -2.07. The molecule has 0 atom stereocenters. The zero-order chi connectivity index (χ0) is 20.5. The van der Waals surface area contributed by atoms with Gasteiger partial charge in [-0.3, -0.25) is 0 Å². The van der Waals surface area contributed by atoms with Gasteiger partial charge in [0.1, 0.15) is 11.6 Å². The first-order chi connectivity index (χ1) is 14.2. The minimum atomic E-state index is 0. The molecule has 0 saturated carbocycles. The second-order valence-corrected chi connectivity index (χ2v) is 6.92. The molecule has 0 radical (unpaired) electrons. The summed E-state index contributed by atoms with van der Waals surface area (Å²) in [6.07, 6.45) is 1.84. The van der Waals surface area contributed by atoms with E-state index in [0.29, 0.717) is 13.1 Å². The Kier molecular flexibility index (Phi) is 10.2. The number of rotatable bonds is 7. The quantitative estimate of drug-likeness (QED) is 0.341. The third kappa shape index (κ3) is 6.46. The van der Waals surface area contributed by atoms with Crippen LogP contribution in [0.25, 0.3) is 0 Å². The van der Waals surface area contributed by atoms with Crippen molar-refractivity contribution in [1.82, 2.24) is 15.2 Å². The second-order valence-electron chi connectivity index (χ2n) is 6.92. The number of anilines is 1. The minimum Gasteiger partial charge on any atom is -0.496 e. The van der Waals surface area contributed by atoms with Gasteiger partial charge in [0.25, 0.3) is 0 Å². The number of hydrogen-bond acceptors (Lipinski definition) is 5. The van der Waals surface area contributed by atoms with Gasteiger partial charge in [0, 0.05) is 50.6 Å². The van der Waals surface area contributed by atoms with Crippen LogP contribution in [0.2, 0.25) is 0 Å². The summed E-state index contributed by atoms with van der Waals surface area (Å²) < 4.78 is 11.0. The van der Waals surface area contributed by atoms with E-state index >= 15 is 0 Å². The van der Waals surface area contributed by atoms with E-state index in [9.17, 15) is 0 Å². The van der Waals surface area contributed by atoms with E-state index < -0.39 is 0 Å². The second kappa shape index (κ2) is 12.6. The number of benzene rings is 1. The fraction of sp³-hybridized carbons (Fsp3) is 0.455. The molecule has 0 amide bonds. The van der Waals surface area contributed by atoms with E-state index in [-0.39, 0.29) is 24.0 Å². The molecule has 1 aromatic carbocycles. The van der Waals surface area contributed by atoms with Gasteiger partial charge < -0.3 is 24.6 Å². The van der Waals surface area contributed by atoms with Gasteiger partial charge in [0.2, 0.25) is 0 Å². The van der Waals surface area contributed by atoms with Gasteiger partial charge in [0.15, 0.2) is 5.96 Å². The predicted octanol–water partition coefficient (Wildman–Crippen LogP) is 3.14. The van der Waals surface area contributed by atoms with Gasteiger partial charge in [0.05, 0.1) is 26.9 Å². The molecule has 164 valence electrons. The standard InChI is InChI=1S/C22H31N5O2.HI/c1-4-23-22(26(2)17-19-8-5-6-10-20(19)28-3)25-16-18-9-7-11-24-21(18)27-12-14-29-15-13-27;/h5-11H,4,12-17H2,1-3H3,(H,23,25);1H. The highest BCUT2D eigenvalue weighted by atomic mass is 127. The summed E-state index contributed by atoms with van der Waals surface area (Å²) in [5.41, 5.74) is 2.24. The van der Waals surface area contributed by atoms with Crippen molar-refractivity contribution in [3.63, 3.8) is 0 Å². The molecule has 1 aliphatic heterocycles. The molecule has 1 aromatic heterocycles. The summed E-state index contributed by atoms with van der Waals surface area (Å²) in [6.45, 7) is 7.36. The average molecular weight is 525 g/mol. The van der Waals surface area contributed by atoms with Crippen molar-refractivity contribution in [1.29, 1.82) is 0 Å². The van der Waals surface area contributed by atoms with Crippen LogP contribution in [0.15, 0.2) is 47.6 Å². The van der Waals surface area contributed by atoms with Crippen LogP contribution < -0.4 is 15.0 Å². The normalized spacial score (nSPS) is 14.1. The van der Waals surface area contributed by atoms with Gasteiger partial charge in [-0.05, 0) is 19.1 Å². The van der Waals surface area contributed by atoms with Crippen LogP contribution in [0.4, 0.5) is 5.82 Å². The maximum atomic E-state index is 5.49. The Morgan fingerprint density at radius 1 is 1.20 bits per heavy atom. The van der Waals surface area contributed by atoms with Crippen LogP contribution in [0, 0.1) is 0 Å². The van der Waals surface area contributed by atoms with Crippen LogP contribution in [-0.4, -0.2) is 62.8 Å². The molecule has 0 unspecified atom stereocenters. The van der Waals surface area contributed by atoms with Crippen LogP contribution in [0.3, 0.4) is 0 Å². The first-order valence-corrected chi connectivity index (χ1v) is 10.1. The molecule has 1 fully saturated rings. The highest BCUT2D eigenvalue weighted by molar-refractivity contribution is 14.0. The third-order valence-corrected chi connectivity index (χ3v) is 4.87. The zero-order valence-electron chi connectivity index (χ0n) is 18.0. The molecule has 7 nitrogen and oxygen atoms in total. The Morgan fingerprint density at radius 3 is 2.67 bits per heavy atom. The molecular weight excluding hydrogens is 493 g/mol. The summed E-state index contributed by atoms with van der Waals surface area (Å²) >= 11 is 0. The zero-order valence-corrected chi connectivity index (χ0v) is 20.3. The summed E-state index contributed by atoms with van der Waals surface area (Å²) in [7, 11) is 3.74. The number of nitrogens with zero attached hydrogens (tertiary/aromatic N) is 4. The van der Waals surface area contributed by atoms with E-state index in [1.54, 1.807) is 7.11 Å². The highest BCUT2D eigenvalue weighted by Crippen LogP contribution is 2.21. The Labute approximate surface area is 196 Å². The van der Waals surface area contributed by atoms with E-state index in [4.69, 9.17) is 14.5 Å². The maximum Gasteiger partial charge on any atom is 0.194 e. The van der Waals surface area contributed by atoms with Gasteiger partial charge >= 0.3 is 0 Å². The van der Waals surface area contributed by atoms with Crippen LogP contribution >= 0.6 is 24.0 Å². The average Bonchev–Trinajstić information content (AvgIpc) is 2.77. The minimum absolute atomic E-state index is 0. The number of halogens is 1. The largest absolute Gasteiger partial charge is 0.496 e. The van der Waals surface area contributed by atoms with Gasteiger partial charge in [-0.2, -0.15) is 0 Å². The Balaban J connectivity index is 0.00000320. The first-order valence-electron chi connectivity index (χ1n) is 10.1. The summed E-state index contributed by atoms with van der Waals surface area (Å²) in [5, 5.41) is 3.39. The van der Waals surface area contributed by atoms with Crippen molar-refractivity contribution in [3.05, 3.63) is 53.7 Å². The molecule has 2 aromatic rings. The fourth-order valence-corrected chi connectivity index (χ4v) is 3.41. The number of ether oxygens (including phenoxy) is 2. The summed E-state index contributed by atoms with van der Waals surface area (Å²) in [4.78, 5) is 13.9. The Bertz CT molecular complexity index is 812. The molecule has 3 rings (SSSR count). The molecule has 0 aliphatic carbocycles. The Morgan fingerprint density at radius 2 is 1.93 bits per heavy atom. The predicted molar refractivity (Wildman–Crippen MR) is 132 cm³/mol. The monoisotopic (exact) mass is 525 g/mol. The first kappa shape index (κ1) is 24.2. The van der Waals surface area contributed by atoms with Crippen molar-refractivity contribution in [2.75, 3.05) is 51.9 Å². The smallest absolute Gasteiger partial charge is 0.194 e. The number of para-hydroxylation sites is 1. The summed E-state index contributed by atoms with van der Waals surface area (Å²) in [5.74, 6) is 2.75. The molecule has 8 heteroatoms. The molecule has 30 heavy (non-hydrogen) atoms. The molecule has 0 bridgehead atoms. The SMILES string of the molecule is CCNC(=NCc1cccnc1N1CCOCC1)N(C)Cc1ccccc1OC.I. The molecule has 0 spiro atoms. The van der Waals surface area contributed by atoms with Crippen molar-refractivity contribution < 1.29 is 9.47 Å². The van der Waals surface area contributed by atoms with Gasteiger partial charge in [-0.15, -0.1) is 24.0 Å². The van der Waals surface area contributed by atoms with Crippen molar-refractivity contribution in [2.24, 2.45) is 4.99 Å². The van der Waals surface area contributed by atoms with Gasteiger partial charge in [-0.1, -0.05) is 24.3 Å². The lowest BCUT2D eigenvalue weighted by atomic mass is 10.2. The molecule has 1 N–H and O–H groups in total. The van der Waals surface area contributed by atoms with Crippen LogP contribution in [0.1, 0.15) is 18.1 Å². The number of nitrogens with one attached hydrogen (secondary N) is 1. The number of guanidine groups is 1. The third-order valence-electron chi connectivity index (χ3n) is 4.87. The molecular formula is C22H32IN5O2. The molecule has 2 heterocycles. The summed E-state index contributed by atoms with van der Waals surface area (Å²) in [6, 6.07) is 12.1. The van der Waals surface area contributed by atoms with Crippen molar-refractivity contribution >= 4 is 35.8 Å². The lowest BCUT2D eigenvalue weighted by Gasteiger charge is -2.29. The van der Waals surface area contributed by atoms with Crippen LogP contribution in [0.5, 0.6) is 5.75 Å². The topological polar surface area (TPSA) is 62.2 Å². The number of aromatic nitrogens is 1. The van der Waals surface area contributed by atoms with E-state index in [2.05, 4.69) is 39.2 Å². The van der Waals surface area contributed by atoms with Gasteiger partial charge in [-0.25, -0.2) is 9.98 Å². The van der Waals surface area contributed by atoms with Crippen molar-refractivity contribution in [3.8, 4) is 5.75 Å². The lowest BCUT2D eigenvalue weighted by Crippen LogP contribution is -2.39. The fourth-order valence-electron chi connectivity index (χ4n) is 3.41. The number of hydrogen-bond donors (Lipinski definition) is 1. The number of morpholine rings is 1. The highest BCUT2D eigenvalue weighted by Gasteiger charge is 2.16. The van der Waals surface area contributed by atoms with E-state index in [1.807, 2.05) is 37.5 Å². The van der Waals surface area contributed by atoms with Crippen molar-refractivity contribution in [2.45, 2.75) is 20.0 Å². The molecule has 1 aliphatic rings.